The molecule has 1 amide bonds. The highest BCUT2D eigenvalue weighted by atomic mass is 16.7. The summed E-state index contributed by atoms with van der Waals surface area (Å²) in [6, 6.07) is -0.731. The molecule has 1 aliphatic heterocycles. The molecular formula is C47H89NO8. The van der Waals surface area contributed by atoms with Gasteiger partial charge >= 0.3 is 0 Å². The third kappa shape index (κ3) is 28.2. The van der Waals surface area contributed by atoms with Gasteiger partial charge in [-0.1, -0.05) is 167 Å². The highest BCUT2D eigenvalue weighted by Gasteiger charge is 2.44. The van der Waals surface area contributed by atoms with Crippen LogP contribution < -0.4 is 5.32 Å². The monoisotopic (exact) mass is 796 g/mol. The van der Waals surface area contributed by atoms with Gasteiger partial charge in [0.2, 0.25) is 5.91 Å². The van der Waals surface area contributed by atoms with E-state index in [-0.39, 0.29) is 12.5 Å². The predicted octanol–water partition coefficient (Wildman–Crippen LogP) is 9.89. The summed E-state index contributed by atoms with van der Waals surface area (Å²) in [6.07, 6.45) is 37.7. The standard InChI is InChI=1S/C47H89NO8/c1-3-5-7-9-11-13-15-16-17-18-19-20-21-22-23-24-25-26-27-29-31-33-35-37-43(51)48-40(39-55-47-46(54)45(53)44(52)42(38-49)56-47)41(50)36-34-32-30-28-14-12-10-8-6-4-2/h14,16-17,28,40-42,44-47,49-50,52-54H,3-13,15,18-27,29-39H2,1-2H3,(H,48,51)/b17-16+,28-14+/t40-,41+,42-,44-,45?,46?,47-/m0/s1. The van der Waals surface area contributed by atoms with Crippen molar-refractivity contribution in [3.8, 4) is 0 Å². The summed E-state index contributed by atoms with van der Waals surface area (Å²) >= 11 is 0. The van der Waals surface area contributed by atoms with E-state index in [1.807, 2.05) is 0 Å². The van der Waals surface area contributed by atoms with Gasteiger partial charge in [-0.25, -0.2) is 0 Å². The normalized spacial score (nSPS) is 21.3. The fourth-order valence-electron chi connectivity index (χ4n) is 7.44. The van der Waals surface area contributed by atoms with Gasteiger partial charge in [0.15, 0.2) is 6.29 Å². The third-order valence-electron chi connectivity index (χ3n) is 11.3. The second-order valence-electron chi connectivity index (χ2n) is 16.5. The number of carbonyl (C=O) groups excluding carboxylic acids is 1. The highest BCUT2D eigenvalue weighted by molar-refractivity contribution is 5.76. The molecule has 2 unspecified atom stereocenters. The number of nitrogens with one attached hydrogen (secondary N) is 1. The van der Waals surface area contributed by atoms with Gasteiger partial charge in [0.05, 0.1) is 25.4 Å². The van der Waals surface area contributed by atoms with Crippen molar-refractivity contribution < 1.29 is 39.8 Å². The van der Waals surface area contributed by atoms with E-state index in [4.69, 9.17) is 9.47 Å². The molecular weight excluding hydrogens is 707 g/mol. The van der Waals surface area contributed by atoms with Crippen LogP contribution >= 0.6 is 0 Å². The molecule has 1 rings (SSSR count). The molecule has 9 nitrogen and oxygen atoms in total. The molecule has 0 saturated carbocycles. The van der Waals surface area contributed by atoms with Crippen molar-refractivity contribution in [1.82, 2.24) is 5.32 Å². The molecule has 1 fully saturated rings. The van der Waals surface area contributed by atoms with Crippen LogP contribution in [0.1, 0.15) is 213 Å². The Bertz CT molecular complexity index is 930. The summed E-state index contributed by atoms with van der Waals surface area (Å²) in [6.45, 7) is 3.78. The van der Waals surface area contributed by atoms with E-state index in [9.17, 15) is 30.3 Å². The number of hydrogen-bond donors (Lipinski definition) is 6. The molecule has 56 heavy (non-hydrogen) atoms. The number of amides is 1. The zero-order valence-electron chi connectivity index (χ0n) is 36.1. The van der Waals surface area contributed by atoms with Crippen LogP contribution in [0.2, 0.25) is 0 Å². The molecule has 1 aliphatic rings. The van der Waals surface area contributed by atoms with E-state index in [1.54, 1.807) is 0 Å². The first-order valence-corrected chi connectivity index (χ1v) is 23.5. The summed E-state index contributed by atoms with van der Waals surface area (Å²) in [5, 5.41) is 54.2. The summed E-state index contributed by atoms with van der Waals surface area (Å²) < 4.78 is 11.2. The van der Waals surface area contributed by atoms with Gasteiger partial charge in [0.25, 0.3) is 0 Å². The largest absolute Gasteiger partial charge is 0.394 e. The summed E-state index contributed by atoms with van der Waals surface area (Å²) in [5.41, 5.74) is 0. The number of allylic oxidation sites excluding steroid dienone is 4. The van der Waals surface area contributed by atoms with Crippen molar-refractivity contribution in [2.75, 3.05) is 13.2 Å². The quantitative estimate of drug-likeness (QED) is 0.0266. The third-order valence-corrected chi connectivity index (χ3v) is 11.3. The molecule has 0 radical (unpaired) electrons. The zero-order chi connectivity index (χ0) is 40.9. The maximum atomic E-state index is 12.9. The first-order chi connectivity index (χ1) is 27.3. The molecule has 1 heterocycles. The van der Waals surface area contributed by atoms with Gasteiger partial charge in [0.1, 0.15) is 24.4 Å². The molecule has 6 N–H and O–H groups in total. The number of carbonyl (C=O) groups is 1. The van der Waals surface area contributed by atoms with Gasteiger partial charge in [-0.3, -0.25) is 4.79 Å². The number of aliphatic hydroxyl groups excluding tert-OH is 5. The minimum absolute atomic E-state index is 0.149. The molecule has 330 valence electrons. The molecule has 0 spiro atoms. The van der Waals surface area contributed by atoms with Crippen molar-refractivity contribution in [2.24, 2.45) is 0 Å². The zero-order valence-corrected chi connectivity index (χ0v) is 36.1. The molecule has 0 aliphatic carbocycles. The van der Waals surface area contributed by atoms with Crippen molar-refractivity contribution in [3.63, 3.8) is 0 Å². The second-order valence-corrected chi connectivity index (χ2v) is 16.5. The average molecular weight is 796 g/mol. The van der Waals surface area contributed by atoms with Crippen molar-refractivity contribution >= 4 is 5.91 Å². The summed E-state index contributed by atoms with van der Waals surface area (Å²) in [5.74, 6) is -0.155. The number of rotatable bonds is 39. The molecule has 7 atom stereocenters. The van der Waals surface area contributed by atoms with E-state index in [0.717, 1.165) is 44.9 Å². The van der Waals surface area contributed by atoms with Gasteiger partial charge in [-0.2, -0.15) is 0 Å². The molecule has 0 aromatic rings. The molecule has 1 saturated heterocycles. The van der Waals surface area contributed by atoms with Crippen LogP contribution in [0.5, 0.6) is 0 Å². The molecule has 9 heteroatoms. The molecule has 0 aromatic carbocycles. The van der Waals surface area contributed by atoms with E-state index >= 15 is 0 Å². The van der Waals surface area contributed by atoms with Crippen LogP contribution in [-0.4, -0.2) is 87.5 Å². The maximum absolute atomic E-state index is 12.9. The molecule has 0 bridgehead atoms. The van der Waals surface area contributed by atoms with Gasteiger partial charge in [-0.15, -0.1) is 0 Å². The van der Waals surface area contributed by atoms with Gasteiger partial charge in [-0.05, 0) is 64.2 Å². The lowest BCUT2D eigenvalue weighted by atomic mass is 9.99. The Morgan fingerprint density at radius 2 is 1.00 bits per heavy atom. The Morgan fingerprint density at radius 1 is 0.589 bits per heavy atom. The van der Waals surface area contributed by atoms with Gasteiger partial charge < -0.3 is 40.3 Å². The topological polar surface area (TPSA) is 149 Å². The maximum Gasteiger partial charge on any atom is 0.220 e. The first kappa shape index (κ1) is 52.7. The Labute approximate surface area is 343 Å². The summed E-state index contributed by atoms with van der Waals surface area (Å²) in [4.78, 5) is 12.9. The van der Waals surface area contributed by atoms with Crippen LogP contribution in [0.25, 0.3) is 0 Å². The Balaban J connectivity index is 2.23. The fraction of sp³-hybridized carbons (Fsp3) is 0.894. The minimum atomic E-state index is -1.56. The lowest BCUT2D eigenvalue weighted by molar-refractivity contribution is -0.302. The van der Waals surface area contributed by atoms with Crippen LogP contribution in [0.3, 0.4) is 0 Å². The number of hydrogen-bond acceptors (Lipinski definition) is 8. The van der Waals surface area contributed by atoms with E-state index in [0.29, 0.717) is 12.8 Å². The molecule has 0 aromatic heterocycles. The minimum Gasteiger partial charge on any atom is -0.394 e. The average Bonchev–Trinajstić information content (AvgIpc) is 3.20. The Morgan fingerprint density at radius 3 is 1.46 bits per heavy atom. The Hall–Kier alpha value is -1.33. The van der Waals surface area contributed by atoms with Crippen LogP contribution in [0.15, 0.2) is 24.3 Å². The fourth-order valence-corrected chi connectivity index (χ4v) is 7.44. The van der Waals surface area contributed by atoms with Crippen molar-refractivity contribution in [2.45, 2.75) is 256 Å². The highest BCUT2D eigenvalue weighted by Crippen LogP contribution is 2.23. The van der Waals surface area contributed by atoms with Crippen LogP contribution in [-0.2, 0) is 14.3 Å². The Kier molecular flexibility index (Phi) is 35.7. The number of aliphatic hydroxyl groups is 5. The van der Waals surface area contributed by atoms with Crippen molar-refractivity contribution in [1.29, 1.82) is 0 Å². The SMILES string of the molecule is CCCCCC/C=C/CCCC[C@@H](O)[C@H](CO[C@H]1O[C@@H](CO)[C@H](O)C(O)C1O)NC(=O)CCCCCCCCCCCCCCC/C=C/CCCCCCCC. The van der Waals surface area contributed by atoms with Crippen LogP contribution in [0.4, 0.5) is 0 Å². The van der Waals surface area contributed by atoms with E-state index in [2.05, 4.69) is 43.5 Å². The van der Waals surface area contributed by atoms with E-state index < -0.39 is 49.5 Å². The summed E-state index contributed by atoms with van der Waals surface area (Å²) in [7, 11) is 0. The lowest BCUT2D eigenvalue weighted by Crippen LogP contribution is -2.60. The van der Waals surface area contributed by atoms with E-state index in [1.165, 1.54) is 141 Å². The first-order valence-electron chi connectivity index (χ1n) is 23.5. The van der Waals surface area contributed by atoms with Gasteiger partial charge in [0, 0.05) is 6.42 Å². The number of ether oxygens (including phenoxy) is 2. The predicted molar refractivity (Wildman–Crippen MR) is 230 cm³/mol. The van der Waals surface area contributed by atoms with Crippen molar-refractivity contribution in [3.05, 3.63) is 24.3 Å². The van der Waals surface area contributed by atoms with Crippen LogP contribution in [0, 0.1) is 0 Å². The number of unbranched alkanes of at least 4 members (excludes halogenated alkanes) is 25. The smallest absolute Gasteiger partial charge is 0.220 e. The second kappa shape index (κ2) is 37.9. The lowest BCUT2D eigenvalue weighted by Gasteiger charge is -2.40.